The van der Waals surface area contributed by atoms with Gasteiger partial charge in [-0.3, -0.25) is 4.68 Å². The molecule has 0 amide bonds. The fourth-order valence-electron chi connectivity index (χ4n) is 2.64. The second-order valence-electron chi connectivity index (χ2n) is 5.78. The van der Waals surface area contributed by atoms with Crippen LogP contribution in [0.1, 0.15) is 37.7 Å². The Bertz CT molecular complexity index is 605. The number of halogens is 1. The lowest BCUT2D eigenvalue weighted by atomic mass is 9.91. The minimum Gasteiger partial charge on any atom is -0.389 e. The first-order valence-corrected chi connectivity index (χ1v) is 7.46. The summed E-state index contributed by atoms with van der Waals surface area (Å²) in [6.07, 6.45) is 1.80. The molecule has 0 saturated carbocycles. The molecule has 0 radical (unpaired) electrons. The van der Waals surface area contributed by atoms with E-state index in [4.69, 9.17) is 0 Å². The van der Waals surface area contributed by atoms with Crippen LogP contribution < -0.4 is 0 Å². The first kappa shape index (κ1) is 15.7. The van der Waals surface area contributed by atoms with Gasteiger partial charge in [-0.1, -0.05) is 19.1 Å². The zero-order valence-electron chi connectivity index (χ0n) is 12.9. The van der Waals surface area contributed by atoms with Crippen molar-refractivity contribution in [1.82, 2.24) is 9.78 Å². The molecule has 0 aliphatic carbocycles. The fraction of sp³-hybridized carbons (Fsp3) is 0.471. The van der Waals surface area contributed by atoms with E-state index < -0.39 is 5.60 Å². The Morgan fingerprint density at radius 2 is 2.00 bits per heavy atom. The molecule has 114 valence electrons. The Labute approximate surface area is 125 Å². The van der Waals surface area contributed by atoms with E-state index in [9.17, 15) is 9.50 Å². The summed E-state index contributed by atoms with van der Waals surface area (Å²) < 4.78 is 15.2. The Kier molecular flexibility index (Phi) is 4.78. The van der Waals surface area contributed by atoms with Crippen molar-refractivity contribution in [2.24, 2.45) is 0 Å². The van der Waals surface area contributed by atoms with E-state index in [1.807, 2.05) is 23.7 Å². The lowest BCUT2D eigenvalue weighted by Crippen LogP contribution is -2.31. The van der Waals surface area contributed by atoms with Gasteiger partial charge < -0.3 is 5.11 Å². The summed E-state index contributed by atoms with van der Waals surface area (Å²) in [4.78, 5) is 0. The van der Waals surface area contributed by atoms with Crippen LogP contribution in [0.2, 0.25) is 0 Å². The van der Waals surface area contributed by atoms with Gasteiger partial charge in [0, 0.05) is 25.1 Å². The first-order chi connectivity index (χ1) is 9.93. The van der Waals surface area contributed by atoms with Crippen molar-refractivity contribution < 1.29 is 9.50 Å². The average molecular weight is 290 g/mol. The van der Waals surface area contributed by atoms with E-state index in [-0.39, 0.29) is 5.82 Å². The highest BCUT2D eigenvalue weighted by Gasteiger charge is 2.24. The van der Waals surface area contributed by atoms with Gasteiger partial charge >= 0.3 is 0 Å². The van der Waals surface area contributed by atoms with Gasteiger partial charge in [-0.15, -0.1) is 0 Å². The summed E-state index contributed by atoms with van der Waals surface area (Å²) in [6.45, 7) is 6.68. The highest BCUT2D eigenvalue weighted by Crippen LogP contribution is 2.20. The molecule has 2 rings (SSSR count). The predicted octanol–water partition coefficient (Wildman–Crippen LogP) is 3.14. The number of aliphatic hydroxyl groups is 1. The van der Waals surface area contributed by atoms with Crippen molar-refractivity contribution in [2.45, 2.75) is 52.2 Å². The Hall–Kier alpha value is -1.68. The van der Waals surface area contributed by atoms with Gasteiger partial charge in [-0.2, -0.15) is 5.10 Å². The van der Waals surface area contributed by atoms with Gasteiger partial charge in [0.1, 0.15) is 5.82 Å². The summed E-state index contributed by atoms with van der Waals surface area (Å²) in [7, 11) is 0. The third-order valence-corrected chi connectivity index (χ3v) is 3.61. The maximum atomic E-state index is 13.2. The second kappa shape index (κ2) is 6.39. The van der Waals surface area contributed by atoms with E-state index in [0.29, 0.717) is 12.8 Å². The number of benzene rings is 1. The third-order valence-electron chi connectivity index (χ3n) is 3.61. The molecule has 0 aliphatic heterocycles. The number of aromatic nitrogens is 2. The minimum atomic E-state index is -0.925. The third kappa shape index (κ3) is 4.14. The molecule has 3 nitrogen and oxygen atoms in total. The molecule has 1 heterocycles. The molecular weight excluding hydrogens is 267 g/mol. The van der Waals surface area contributed by atoms with Crippen LogP contribution in [-0.2, 0) is 25.8 Å². The van der Waals surface area contributed by atoms with Gasteiger partial charge in [0.2, 0.25) is 0 Å². The Morgan fingerprint density at radius 1 is 1.24 bits per heavy atom. The average Bonchev–Trinajstić information content (AvgIpc) is 2.79. The number of hydrogen-bond donors (Lipinski definition) is 1. The van der Waals surface area contributed by atoms with E-state index in [0.717, 1.165) is 29.9 Å². The van der Waals surface area contributed by atoms with Crippen molar-refractivity contribution in [1.29, 1.82) is 0 Å². The van der Waals surface area contributed by atoms with Crippen LogP contribution in [-0.4, -0.2) is 20.5 Å². The van der Waals surface area contributed by atoms with E-state index in [2.05, 4.69) is 12.0 Å². The molecule has 0 fully saturated rings. The highest BCUT2D eigenvalue weighted by atomic mass is 19.1. The molecule has 0 aliphatic rings. The van der Waals surface area contributed by atoms with Crippen molar-refractivity contribution >= 4 is 0 Å². The van der Waals surface area contributed by atoms with E-state index in [1.54, 1.807) is 13.0 Å². The Balaban J connectivity index is 2.15. The summed E-state index contributed by atoms with van der Waals surface area (Å²) in [6, 6.07) is 8.45. The quantitative estimate of drug-likeness (QED) is 0.887. The zero-order chi connectivity index (χ0) is 15.5. The maximum absolute atomic E-state index is 13.2. The molecule has 1 unspecified atom stereocenters. The van der Waals surface area contributed by atoms with E-state index in [1.165, 1.54) is 12.1 Å². The predicted molar refractivity (Wildman–Crippen MR) is 81.7 cm³/mol. The highest BCUT2D eigenvalue weighted by molar-refractivity contribution is 5.20. The molecule has 2 aromatic rings. The molecule has 1 N–H and O–H groups in total. The van der Waals surface area contributed by atoms with Crippen molar-refractivity contribution in [3.8, 4) is 0 Å². The number of hydrogen-bond acceptors (Lipinski definition) is 2. The van der Waals surface area contributed by atoms with Crippen LogP contribution in [0.3, 0.4) is 0 Å². The van der Waals surface area contributed by atoms with Gasteiger partial charge in [0.05, 0.1) is 11.3 Å². The van der Waals surface area contributed by atoms with Crippen LogP contribution in [0, 0.1) is 5.82 Å². The molecular formula is C17H23FN2O. The van der Waals surface area contributed by atoms with Crippen LogP contribution in [0.15, 0.2) is 30.3 Å². The summed E-state index contributed by atoms with van der Waals surface area (Å²) >= 11 is 0. The van der Waals surface area contributed by atoms with E-state index >= 15 is 0 Å². The van der Waals surface area contributed by atoms with Crippen molar-refractivity contribution in [3.63, 3.8) is 0 Å². The maximum Gasteiger partial charge on any atom is 0.123 e. The first-order valence-electron chi connectivity index (χ1n) is 7.46. The zero-order valence-corrected chi connectivity index (χ0v) is 12.9. The molecule has 1 aromatic carbocycles. The van der Waals surface area contributed by atoms with Crippen LogP contribution >= 0.6 is 0 Å². The smallest absolute Gasteiger partial charge is 0.123 e. The minimum absolute atomic E-state index is 0.268. The Morgan fingerprint density at radius 3 is 2.62 bits per heavy atom. The molecule has 1 aromatic heterocycles. The number of rotatable bonds is 6. The van der Waals surface area contributed by atoms with Crippen LogP contribution in [0.25, 0.3) is 0 Å². The lowest BCUT2D eigenvalue weighted by Gasteiger charge is -2.23. The van der Waals surface area contributed by atoms with Gasteiger partial charge in [-0.25, -0.2) is 4.39 Å². The molecule has 0 bridgehead atoms. The number of aryl methyl sites for hydroxylation is 2. The topological polar surface area (TPSA) is 38.0 Å². The molecule has 1 atom stereocenters. The molecule has 0 spiro atoms. The van der Waals surface area contributed by atoms with Crippen molar-refractivity contribution in [3.05, 3.63) is 53.1 Å². The SMILES string of the molecule is CCc1cc(CC(C)(O)Cc2cccc(F)c2)n(CC)n1. The van der Waals surface area contributed by atoms with Crippen LogP contribution in [0.4, 0.5) is 4.39 Å². The second-order valence-corrected chi connectivity index (χ2v) is 5.78. The standard InChI is InChI=1S/C17H23FN2O/c1-4-15-10-16(20(5-2)19-15)12-17(3,21)11-13-7-6-8-14(18)9-13/h6-10,21H,4-5,11-12H2,1-3H3. The van der Waals surface area contributed by atoms with Gasteiger partial charge in [0.25, 0.3) is 0 Å². The normalized spacial score (nSPS) is 14.1. The largest absolute Gasteiger partial charge is 0.389 e. The molecule has 4 heteroatoms. The molecule has 0 saturated heterocycles. The van der Waals surface area contributed by atoms with Crippen LogP contribution in [0.5, 0.6) is 0 Å². The fourth-order valence-corrected chi connectivity index (χ4v) is 2.64. The van der Waals surface area contributed by atoms with Crippen molar-refractivity contribution in [2.75, 3.05) is 0 Å². The van der Waals surface area contributed by atoms with Gasteiger partial charge in [-0.05, 0) is 44.0 Å². The molecule has 21 heavy (non-hydrogen) atoms. The lowest BCUT2D eigenvalue weighted by molar-refractivity contribution is 0.0586. The summed E-state index contributed by atoms with van der Waals surface area (Å²) in [5.74, 6) is -0.268. The summed E-state index contributed by atoms with van der Waals surface area (Å²) in [5, 5.41) is 15.1. The monoisotopic (exact) mass is 290 g/mol. The number of nitrogens with zero attached hydrogens (tertiary/aromatic N) is 2. The summed E-state index contributed by atoms with van der Waals surface area (Å²) in [5.41, 5.74) is 1.94. The van der Waals surface area contributed by atoms with Gasteiger partial charge in [0.15, 0.2) is 0 Å².